The molecule has 0 aliphatic carbocycles. The Morgan fingerprint density at radius 2 is 1.87 bits per heavy atom. The normalized spacial score (nSPS) is 12.7. The van der Waals surface area contributed by atoms with Crippen molar-refractivity contribution < 1.29 is 4.39 Å². The summed E-state index contributed by atoms with van der Waals surface area (Å²) in [6, 6.07) is 14.6. The third-order valence-corrected chi connectivity index (χ3v) is 4.14. The van der Waals surface area contributed by atoms with Crippen LogP contribution in [0.2, 0.25) is 0 Å². The molecule has 3 rings (SSSR count). The molecule has 0 amide bonds. The van der Waals surface area contributed by atoms with Gasteiger partial charge in [-0.25, -0.2) is 9.37 Å². The standard InChI is InChI=1S/C19H22FN3/c1-2-3-6-16(21)19-22-17-7-4-5-8-18(17)23(19)13-14-9-11-15(20)12-10-14/h4-5,7-12,16H,2-3,6,13,21H2,1H3. The lowest BCUT2D eigenvalue weighted by molar-refractivity contribution is 0.551. The largest absolute Gasteiger partial charge is 0.322 e. The van der Waals surface area contributed by atoms with Gasteiger partial charge in [0.05, 0.1) is 17.1 Å². The van der Waals surface area contributed by atoms with Crippen LogP contribution in [0.25, 0.3) is 11.0 Å². The molecule has 0 bridgehead atoms. The average Bonchev–Trinajstić information content (AvgIpc) is 2.93. The van der Waals surface area contributed by atoms with Gasteiger partial charge in [-0.2, -0.15) is 0 Å². The van der Waals surface area contributed by atoms with Gasteiger partial charge in [0, 0.05) is 6.54 Å². The summed E-state index contributed by atoms with van der Waals surface area (Å²) in [5.74, 6) is 0.688. The number of imidazole rings is 1. The van der Waals surface area contributed by atoms with Crippen LogP contribution in [0.1, 0.15) is 43.6 Å². The third-order valence-electron chi connectivity index (χ3n) is 4.14. The minimum absolute atomic E-state index is 0.0807. The molecule has 0 spiro atoms. The van der Waals surface area contributed by atoms with Crippen LogP contribution in [0.4, 0.5) is 4.39 Å². The van der Waals surface area contributed by atoms with Crippen LogP contribution >= 0.6 is 0 Å². The van der Waals surface area contributed by atoms with Crippen molar-refractivity contribution in [2.24, 2.45) is 5.73 Å². The van der Waals surface area contributed by atoms with Crippen LogP contribution < -0.4 is 5.73 Å². The van der Waals surface area contributed by atoms with E-state index in [2.05, 4.69) is 17.6 Å². The molecule has 0 aliphatic heterocycles. The summed E-state index contributed by atoms with van der Waals surface area (Å²) in [4.78, 5) is 4.74. The maximum atomic E-state index is 13.1. The Balaban J connectivity index is 2.00. The Kier molecular flexibility index (Phi) is 4.72. The van der Waals surface area contributed by atoms with E-state index < -0.39 is 0 Å². The molecule has 23 heavy (non-hydrogen) atoms. The van der Waals surface area contributed by atoms with Gasteiger partial charge in [0.15, 0.2) is 0 Å². The first-order valence-electron chi connectivity index (χ1n) is 8.14. The molecule has 4 heteroatoms. The molecule has 1 atom stereocenters. The number of fused-ring (bicyclic) bond motifs is 1. The summed E-state index contributed by atoms with van der Waals surface area (Å²) in [6.07, 6.45) is 3.12. The van der Waals surface area contributed by atoms with Gasteiger partial charge in [-0.1, -0.05) is 44.0 Å². The lowest BCUT2D eigenvalue weighted by atomic mass is 10.1. The summed E-state index contributed by atoms with van der Waals surface area (Å²) < 4.78 is 15.3. The van der Waals surface area contributed by atoms with Gasteiger partial charge >= 0.3 is 0 Å². The molecule has 2 N–H and O–H groups in total. The van der Waals surface area contributed by atoms with Crippen molar-refractivity contribution in [1.82, 2.24) is 9.55 Å². The van der Waals surface area contributed by atoms with E-state index in [0.29, 0.717) is 6.54 Å². The minimum atomic E-state index is -0.218. The fourth-order valence-corrected chi connectivity index (χ4v) is 2.87. The number of nitrogens with zero attached hydrogens (tertiary/aromatic N) is 2. The number of nitrogens with two attached hydrogens (primary N) is 1. The maximum absolute atomic E-state index is 13.1. The lowest BCUT2D eigenvalue weighted by Crippen LogP contribution is -2.17. The average molecular weight is 311 g/mol. The summed E-state index contributed by atoms with van der Waals surface area (Å²) in [6.45, 7) is 2.81. The summed E-state index contributed by atoms with van der Waals surface area (Å²) in [5.41, 5.74) is 9.44. The van der Waals surface area contributed by atoms with Crippen molar-refractivity contribution in [3.05, 3.63) is 65.7 Å². The number of aromatic nitrogens is 2. The van der Waals surface area contributed by atoms with Crippen LogP contribution in [0, 0.1) is 5.82 Å². The predicted molar refractivity (Wildman–Crippen MR) is 91.7 cm³/mol. The zero-order valence-electron chi connectivity index (χ0n) is 13.4. The third kappa shape index (κ3) is 3.42. The molecular weight excluding hydrogens is 289 g/mol. The molecule has 0 saturated heterocycles. The van der Waals surface area contributed by atoms with Crippen molar-refractivity contribution in [3.63, 3.8) is 0 Å². The summed E-state index contributed by atoms with van der Waals surface area (Å²) in [7, 11) is 0. The van der Waals surface area contributed by atoms with Gasteiger partial charge in [0.1, 0.15) is 11.6 Å². The number of hydrogen-bond acceptors (Lipinski definition) is 2. The Hall–Kier alpha value is -2.20. The quantitative estimate of drug-likeness (QED) is 0.732. The molecule has 1 aromatic heterocycles. The second-order valence-electron chi connectivity index (χ2n) is 5.92. The van der Waals surface area contributed by atoms with E-state index in [1.165, 1.54) is 12.1 Å². The van der Waals surface area contributed by atoms with Crippen molar-refractivity contribution in [2.75, 3.05) is 0 Å². The molecule has 3 nitrogen and oxygen atoms in total. The second-order valence-corrected chi connectivity index (χ2v) is 5.92. The van der Waals surface area contributed by atoms with Crippen molar-refractivity contribution >= 4 is 11.0 Å². The first kappa shape index (κ1) is 15.7. The van der Waals surface area contributed by atoms with Crippen LogP contribution in [0.5, 0.6) is 0 Å². The van der Waals surface area contributed by atoms with E-state index >= 15 is 0 Å². The molecule has 2 aromatic carbocycles. The van der Waals surface area contributed by atoms with Gasteiger partial charge in [0.25, 0.3) is 0 Å². The number of halogens is 1. The summed E-state index contributed by atoms with van der Waals surface area (Å²) >= 11 is 0. The number of unbranched alkanes of at least 4 members (excludes halogenated alkanes) is 1. The Morgan fingerprint density at radius 1 is 1.13 bits per heavy atom. The molecule has 0 fully saturated rings. The Bertz CT molecular complexity index is 777. The van der Waals surface area contributed by atoms with Gasteiger partial charge in [0.2, 0.25) is 0 Å². The number of rotatable bonds is 6. The monoisotopic (exact) mass is 311 g/mol. The highest BCUT2D eigenvalue weighted by Crippen LogP contribution is 2.24. The molecule has 0 radical (unpaired) electrons. The first-order chi connectivity index (χ1) is 11.2. The zero-order valence-corrected chi connectivity index (χ0v) is 13.4. The first-order valence-corrected chi connectivity index (χ1v) is 8.14. The van der Waals surface area contributed by atoms with Crippen LogP contribution in [0.3, 0.4) is 0 Å². The van der Waals surface area contributed by atoms with Crippen LogP contribution in [-0.4, -0.2) is 9.55 Å². The fraction of sp³-hybridized carbons (Fsp3) is 0.316. The molecular formula is C19H22FN3. The van der Waals surface area contributed by atoms with Gasteiger partial charge < -0.3 is 10.3 Å². The van der Waals surface area contributed by atoms with Crippen molar-refractivity contribution in [3.8, 4) is 0 Å². The number of hydrogen-bond donors (Lipinski definition) is 1. The predicted octanol–water partition coefficient (Wildman–Crippen LogP) is 4.41. The Morgan fingerprint density at radius 3 is 2.61 bits per heavy atom. The zero-order chi connectivity index (χ0) is 16.2. The van der Waals surface area contributed by atoms with E-state index in [0.717, 1.165) is 41.7 Å². The fourth-order valence-electron chi connectivity index (χ4n) is 2.87. The lowest BCUT2D eigenvalue weighted by Gasteiger charge is -2.14. The SMILES string of the molecule is CCCCC(N)c1nc2ccccc2n1Cc1ccc(F)cc1. The molecule has 0 saturated carbocycles. The van der Waals surface area contributed by atoms with E-state index in [9.17, 15) is 4.39 Å². The topological polar surface area (TPSA) is 43.8 Å². The molecule has 1 heterocycles. The molecule has 0 aliphatic rings. The molecule has 1 unspecified atom stereocenters. The van der Waals surface area contributed by atoms with Gasteiger partial charge in [-0.05, 0) is 36.2 Å². The Labute approximate surface area is 136 Å². The highest BCUT2D eigenvalue weighted by molar-refractivity contribution is 5.76. The van der Waals surface area contributed by atoms with E-state index in [4.69, 9.17) is 10.7 Å². The van der Waals surface area contributed by atoms with E-state index in [1.807, 2.05) is 30.3 Å². The second kappa shape index (κ2) is 6.92. The van der Waals surface area contributed by atoms with E-state index in [1.54, 1.807) is 0 Å². The minimum Gasteiger partial charge on any atom is -0.322 e. The number of para-hydroxylation sites is 2. The van der Waals surface area contributed by atoms with Crippen LogP contribution in [-0.2, 0) is 6.54 Å². The highest BCUT2D eigenvalue weighted by Gasteiger charge is 2.16. The van der Waals surface area contributed by atoms with E-state index in [-0.39, 0.29) is 11.9 Å². The van der Waals surface area contributed by atoms with Gasteiger partial charge in [-0.3, -0.25) is 0 Å². The summed E-state index contributed by atoms with van der Waals surface area (Å²) in [5, 5.41) is 0. The molecule has 120 valence electrons. The van der Waals surface area contributed by atoms with Crippen LogP contribution in [0.15, 0.2) is 48.5 Å². The number of benzene rings is 2. The smallest absolute Gasteiger partial charge is 0.127 e. The van der Waals surface area contributed by atoms with Gasteiger partial charge in [-0.15, -0.1) is 0 Å². The molecule has 3 aromatic rings. The maximum Gasteiger partial charge on any atom is 0.127 e. The van der Waals surface area contributed by atoms with Crippen molar-refractivity contribution in [2.45, 2.75) is 38.8 Å². The van der Waals surface area contributed by atoms with Crippen molar-refractivity contribution in [1.29, 1.82) is 0 Å². The highest BCUT2D eigenvalue weighted by atomic mass is 19.1.